The zero-order valence-corrected chi connectivity index (χ0v) is 15.3. The van der Waals surface area contributed by atoms with E-state index in [0.29, 0.717) is 12.2 Å². The second kappa shape index (κ2) is 7.41. The molecule has 0 spiro atoms. The van der Waals surface area contributed by atoms with Crippen molar-refractivity contribution in [1.82, 2.24) is 9.80 Å². The molecule has 0 saturated heterocycles. The molecule has 0 fully saturated rings. The third-order valence-electron chi connectivity index (χ3n) is 4.97. The number of hydrogen-bond acceptors (Lipinski definition) is 2. The molecule has 1 atom stereocenters. The number of hydrogen-bond donors (Lipinski definition) is 1. The van der Waals surface area contributed by atoms with Crippen molar-refractivity contribution in [2.24, 2.45) is 0 Å². The first-order chi connectivity index (χ1) is 14.0. The molecule has 1 aliphatic rings. The van der Waals surface area contributed by atoms with Crippen molar-refractivity contribution in [2.45, 2.75) is 6.54 Å². The van der Waals surface area contributed by atoms with Gasteiger partial charge in [0.2, 0.25) is 6.29 Å². The lowest BCUT2D eigenvalue weighted by atomic mass is 10.1. The van der Waals surface area contributed by atoms with Crippen LogP contribution in [0.15, 0.2) is 79.0 Å². The molecular formula is C23H17F2N2O2+. The number of aldehydes is 1. The van der Waals surface area contributed by atoms with Crippen molar-refractivity contribution < 1.29 is 18.4 Å². The zero-order chi connectivity index (χ0) is 20.4. The van der Waals surface area contributed by atoms with Gasteiger partial charge in [-0.05, 0) is 30.3 Å². The summed E-state index contributed by atoms with van der Waals surface area (Å²) >= 11 is 0. The molecule has 0 bridgehead atoms. The molecule has 3 aromatic rings. The van der Waals surface area contributed by atoms with E-state index >= 15 is 0 Å². The summed E-state index contributed by atoms with van der Waals surface area (Å²) in [5.74, 6) is -1.45. The molecule has 144 valence electrons. The monoisotopic (exact) mass is 391 g/mol. The van der Waals surface area contributed by atoms with E-state index in [2.05, 4.69) is 5.32 Å². The number of quaternary nitrogens is 1. The van der Waals surface area contributed by atoms with Gasteiger partial charge in [-0.2, -0.15) is 0 Å². The molecule has 1 N–H and O–H groups in total. The molecule has 6 heteroatoms. The molecule has 1 unspecified atom stereocenters. The van der Waals surface area contributed by atoms with E-state index < -0.39 is 5.91 Å². The minimum absolute atomic E-state index is 0.149. The third kappa shape index (κ3) is 3.46. The molecule has 0 aromatic heterocycles. The van der Waals surface area contributed by atoms with Crippen LogP contribution in [-0.4, -0.2) is 12.2 Å². The van der Waals surface area contributed by atoms with Gasteiger partial charge in [0, 0.05) is 23.8 Å². The van der Waals surface area contributed by atoms with Gasteiger partial charge in [0.05, 0.1) is 5.56 Å². The van der Waals surface area contributed by atoms with Crippen molar-refractivity contribution in [3.05, 3.63) is 102 Å². The van der Waals surface area contributed by atoms with Crippen LogP contribution < -0.4 is 9.80 Å². The summed E-state index contributed by atoms with van der Waals surface area (Å²) in [5.41, 5.74) is 3.71. The molecule has 1 heterocycles. The number of rotatable bonds is 5. The number of carbonyl (C=O) groups is 2. The smallest absolute Gasteiger partial charge is 0.288 e. The number of nitrogens with zero attached hydrogens (tertiary/aromatic N) is 1. The topological polar surface area (TPSA) is 46.2 Å². The van der Waals surface area contributed by atoms with Crippen molar-refractivity contribution in [3.8, 4) is 0 Å². The third-order valence-corrected chi connectivity index (χ3v) is 4.97. The number of carbonyl (C=O) groups excluding carboxylic acids is 2. The number of para-hydroxylation sites is 1. The number of benzene rings is 3. The first-order valence-electron chi connectivity index (χ1n) is 8.99. The highest BCUT2D eigenvalue weighted by Gasteiger charge is 2.41. The van der Waals surface area contributed by atoms with E-state index in [1.165, 1.54) is 24.3 Å². The molecule has 4 nitrogen and oxygen atoms in total. The molecule has 3 aromatic carbocycles. The van der Waals surface area contributed by atoms with Crippen molar-refractivity contribution in [3.63, 3.8) is 0 Å². The fourth-order valence-corrected chi connectivity index (χ4v) is 3.69. The maximum atomic E-state index is 13.6. The molecule has 0 radical (unpaired) electrons. The van der Waals surface area contributed by atoms with Crippen molar-refractivity contribution in [1.29, 1.82) is 0 Å². The summed E-state index contributed by atoms with van der Waals surface area (Å²) in [5, 5.41) is 2.62. The van der Waals surface area contributed by atoms with Gasteiger partial charge < -0.3 is 5.32 Å². The molecule has 4 rings (SSSR count). The Kier molecular flexibility index (Phi) is 4.78. The molecule has 29 heavy (non-hydrogen) atoms. The van der Waals surface area contributed by atoms with E-state index in [4.69, 9.17) is 0 Å². The Bertz CT molecular complexity index is 1110. The normalized spacial score (nSPS) is 17.4. The summed E-state index contributed by atoms with van der Waals surface area (Å²) in [6, 6.07) is 19.7. The van der Waals surface area contributed by atoms with E-state index in [-0.39, 0.29) is 22.4 Å². The second-order valence-electron chi connectivity index (χ2n) is 6.80. The Morgan fingerprint density at radius 3 is 2.17 bits per heavy atom. The Morgan fingerprint density at radius 1 is 0.897 bits per heavy atom. The Balaban J connectivity index is 1.91. The van der Waals surface area contributed by atoms with E-state index in [9.17, 15) is 18.4 Å². The maximum absolute atomic E-state index is 13.6. The fraction of sp³-hybridized carbons (Fsp3) is 0.0435. The van der Waals surface area contributed by atoms with Crippen LogP contribution in [-0.2, 0) is 16.1 Å². The number of halogens is 2. The molecule has 0 saturated carbocycles. The molecule has 1 aliphatic heterocycles. The van der Waals surface area contributed by atoms with Crippen LogP contribution in [0.5, 0.6) is 0 Å². The lowest BCUT2D eigenvalue weighted by Gasteiger charge is -2.32. The van der Waals surface area contributed by atoms with Gasteiger partial charge in [-0.15, -0.1) is 0 Å². The van der Waals surface area contributed by atoms with E-state index in [1.807, 2.05) is 30.5 Å². The van der Waals surface area contributed by atoms with Crippen LogP contribution in [0.4, 0.5) is 20.2 Å². The van der Waals surface area contributed by atoms with Crippen LogP contribution >= 0.6 is 0 Å². The first kappa shape index (κ1) is 18.7. The highest BCUT2D eigenvalue weighted by Crippen LogP contribution is 2.47. The van der Waals surface area contributed by atoms with Gasteiger partial charge in [-0.3, -0.25) is 9.59 Å². The standard InChI is InChI=1S/C23H16F2N2O2/c24-17-7-5-16(6-8-17)13-27(19-11-9-18(25)10-12-19)14-21(26-23(29)15-28)20-3-1-2-4-22(20)27/h1-12,14-15H,13H2/p+1. The molecular weight excluding hydrogens is 374 g/mol. The summed E-state index contributed by atoms with van der Waals surface area (Å²) in [6.45, 7) is 0.406. The largest absolute Gasteiger partial charge is 0.315 e. The second-order valence-corrected chi connectivity index (χ2v) is 6.80. The van der Waals surface area contributed by atoms with Crippen molar-refractivity contribution in [2.75, 3.05) is 0 Å². The van der Waals surface area contributed by atoms with Gasteiger partial charge in [0.25, 0.3) is 5.91 Å². The lowest BCUT2D eigenvalue weighted by molar-refractivity contribution is -0.130. The first-order valence-corrected chi connectivity index (χ1v) is 8.99. The van der Waals surface area contributed by atoms with Crippen LogP contribution in [0.2, 0.25) is 0 Å². The van der Waals surface area contributed by atoms with Crippen LogP contribution in [0.3, 0.4) is 0 Å². The fourth-order valence-electron chi connectivity index (χ4n) is 3.69. The number of fused-ring (bicyclic) bond motifs is 1. The maximum Gasteiger partial charge on any atom is 0.288 e. The quantitative estimate of drug-likeness (QED) is 0.397. The van der Waals surface area contributed by atoms with Gasteiger partial charge >= 0.3 is 0 Å². The average Bonchev–Trinajstić information content (AvgIpc) is 3.04. The number of amides is 1. The lowest BCUT2D eigenvalue weighted by Crippen LogP contribution is -2.36. The van der Waals surface area contributed by atoms with Gasteiger partial charge in [-0.25, -0.2) is 13.3 Å². The van der Waals surface area contributed by atoms with Gasteiger partial charge in [-0.1, -0.05) is 24.3 Å². The Labute approximate surface area is 166 Å². The Hall–Kier alpha value is -3.64. The molecule has 0 aliphatic carbocycles. The van der Waals surface area contributed by atoms with Crippen LogP contribution in [0, 0.1) is 11.6 Å². The number of nitrogens with one attached hydrogen (secondary N) is 1. The zero-order valence-electron chi connectivity index (χ0n) is 15.3. The van der Waals surface area contributed by atoms with Crippen LogP contribution in [0.25, 0.3) is 5.70 Å². The average molecular weight is 391 g/mol. The van der Waals surface area contributed by atoms with Gasteiger partial charge in [0.1, 0.15) is 35.8 Å². The van der Waals surface area contributed by atoms with Crippen molar-refractivity contribution >= 4 is 29.3 Å². The summed E-state index contributed by atoms with van der Waals surface area (Å²) in [7, 11) is 0. The summed E-state index contributed by atoms with van der Waals surface area (Å²) in [6.07, 6.45) is 2.04. The van der Waals surface area contributed by atoms with Gasteiger partial charge in [0.15, 0.2) is 5.69 Å². The van der Waals surface area contributed by atoms with Crippen LogP contribution in [0.1, 0.15) is 11.1 Å². The van der Waals surface area contributed by atoms with E-state index in [0.717, 1.165) is 22.5 Å². The predicted octanol–water partition coefficient (Wildman–Crippen LogP) is 4.43. The highest BCUT2D eigenvalue weighted by atomic mass is 19.1. The highest BCUT2D eigenvalue weighted by molar-refractivity contribution is 6.26. The SMILES string of the molecule is O=CC(=O)NC1=C[N+](Cc2ccc(F)cc2)(c2ccc(F)cc2)c2ccccc21. The van der Waals surface area contributed by atoms with E-state index in [1.54, 1.807) is 24.3 Å². The molecule has 1 amide bonds. The Morgan fingerprint density at radius 2 is 1.52 bits per heavy atom. The minimum atomic E-state index is -0.757. The predicted molar refractivity (Wildman–Crippen MR) is 107 cm³/mol. The minimum Gasteiger partial charge on any atom is -0.315 e. The summed E-state index contributed by atoms with van der Waals surface area (Å²) < 4.78 is 27.2. The summed E-state index contributed by atoms with van der Waals surface area (Å²) in [4.78, 5) is 22.6.